The molecule has 0 aliphatic rings. The number of fused-ring (bicyclic) bond motifs is 1. The fourth-order valence-corrected chi connectivity index (χ4v) is 6.52. The largest absolute Gasteiger partial charge is 0.467 e. The first-order chi connectivity index (χ1) is 17.8. The zero-order valence-electron chi connectivity index (χ0n) is 20.3. The molecule has 0 fully saturated rings. The van der Waals surface area contributed by atoms with Crippen LogP contribution in [0, 0.1) is 0 Å². The summed E-state index contributed by atoms with van der Waals surface area (Å²) in [7, 11) is -0.776. The van der Waals surface area contributed by atoms with E-state index in [0.29, 0.717) is 16.5 Å². The van der Waals surface area contributed by atoms with Crippen LogP contribution in [0.15, 0.2) is 74.6 Å². The first-order valence-electron chi connectivity index (χ1n) is 11.3. The summed E-state index contributed by atoms with van der Waals surface area (Å²) < 4.78 is 45.2. The minimum atomic E-state index is -3.80. The van der Waals surface area contributed by atoms with Crippen LogP contribution in [0.4, 0.5) is 5.13 Å². The monoisotopic (exact) mass is 607 g/mol. The highest BCUT2D eigenvalue weighted by molar-refractivity contribution is 9.10. The summed E-state index contributed by atoms with van der Waals surface area (Å²) in [6.45, 7) is 1.05. The van der Waals surface area contributed by atoms with E-state index in [1.807, 2.05) is 18.2 Å². The van der Waals surface area contributed by atoms with Crippen LogP contribution in [0.5, 0.6) is 0 Å². The maximum absolute atomic E-state index is 13.6. The van der Waals surface area contributed by atoms with Crippen LogP contribution in [0.3, 0.4) is 0 Å². The summed E-state index contributed by atoms with van der Waals surface area (Å²) in [6.07, 6.45) is 1.55. The van der Waals surface area contributed by atoms with Crippen molar-refractivity contribution >= 4 is 58.5 Å². The molecule has 0 radical (unpaired) electrons. The number of amides is 1. The van der Waals surface area contributed by atoms with Gasteiger partial charge in [0, 0.05) is 37.3 Å². The molecular weight excluding hydrogens is 582 g/mol. The number of hydrogen-bond acceptors (Lipinski definition) is 8. The second kappa shape index (κ2) is 12.3. The van der Waals surface area contributed by atoms with Crippen molar-refractivity contribution in [1.82, 2.24) is 9.29 Å². The number of nitrogens with zero attached hydrogens (tertiary/aromatic N) is 3. The van der Waals surface area contributed by atoms with E-state index in [4.69, 9.17) is 13.9 Å². The van der Waals surface area contributed by atoms with Crippen molar-refractivity contribution in [3.63, 3.8) is 0 Å². The maximum Gasteiger partial charge on any atom is 0.260 e. The highest BCUT2D eigenvalue weighted by Gasteiger charge is 2.26. The molecule has 0 aliphatic carbocycles. The number of furan rings is 1. The molecule has 196 valence electrons. The molecule has 0 N–H and O–H groups in total. The van der Waals surface area contributed by atoms with Gasteiger partial charge >= 0.3 is 0 Å². The minimum Gasteiger partial charge on any atom is -0.467 e. The van der Waals surface area contributed by atoms with Gasteiger partial charge in [-0.25, -0.2) is 13.4 Å². The fraction of sp³-hybridized carbons (Fsp3) is 0.280. The van der Waals surface area contributed by atoms with Gasteiger partial charge in [-0.3, -0.25) is 9.69 Å². The SMILES string of the molecule is COCCN(CCOC)S(=O)(=O)c1ccc(C(=O)N(Cc2ccco2)c2nc3ccc(Br)cc3s2)cc1. The summed E-state index contributed by atoms with van der Waals surface area (Å²) in [5.41, 5.74) is 1.10. The maximum atomic E-state index is 13.6. The lowest BCUT2D eigenvalue weighted by Gasteiger charge is -2.22. The molecule has 2 aromatic heterocycles. The number of sulfonamides is 1. The Morgan fingerprint density at radius 1 is 1.05 bits per heavy atom. The number of thiazole rings is 1. The Balaban J connectivity index is 1.63. The van der Waals surface area contributed by atoms with Crippen molar-refractivity contribution in [2.45, 2.75) is 11.4 Å². The van der Waals surface area contributed by atoms with Gasteiger partial charge in [0.25, 0.3) is 5.91 Å². The van der Waals surface area contributed by atoms with Crippen molar-refractivity contribution in [2.75, 3.05) is 45.4 Å². The molecule has 37 heavy (non-hydrogen) atoms. The number of ether oxygens (including phenoxy) is 2. The molecule has 9 nitrogen and oxygen atoms in total. The van der Waals surface area contributed by atoms with E-state index in [-0.39, 0.29) is 43.7 Å². The highest BCUT2D eigenvalue weighted by Crippen LogP contribution is 2.32. The molecule has 12 heteroatoms. The van der Waals surface area contributed by atoms with Crippen LogP contribution in [-0.2, 0) is 26.0 Å². The third-order valence-corrected chi connectivity index (χ3v) is 8.99. The quantitative estimate of drug-likeness (QED) is 0.228. The lowest BCUT2D eigenvalue weighted by atomic mass is 10.2. The van der Waals surface area contributed by atoms with E-state index in [0.717, 1.165) is 14.7 Å². The zero-order chi connectivity index (χ0) is 26.4. The number of aromatic nitrogens is 1. The molecule has 0 spiro atoms. The number of carbonyl (C=O) groups excluding carboxylic acids is 1. The molecule has 0 atom stereocenters. The van der Waals surface area contributed by atoms with Crippen LogP contribution in [0.2, 0.25) is 0 Å². The van der Waals surface area contributed by atoms with Gasteiger partial charge in [-0.15, -0.1) is 0 Å². The van der Waals surface area contributed by atoms with Crippen LogP contribution < -0.4 is 4.90 Å². The lowest BCUT2D eigenvalue weighted by Crippen LogP contribution is -2.36. The average molecular weight is 609 g/mol. The van der Waals surface area contributed by atoms with E-state index in [1.54, 1.807) is 18.4 Å². The average Bonchev–Trinajstić information content (AvgIpc) is 3.56. The third-order valence-electron chi connectivity index (χ3n) is 5.54. The Morgan fingerprint density at radius 3 is 2.38 bits per heavy atom. The normalized spacial score (nSPS) is 11.9. The molecule has 2 aromatic carbocycles. The lowest BCUT2D eigenvalue weighted by molar-refractivity contribution is 0.0983. The number of hydrogen-bond donors (Lipinski definition) is 0. The zero-order valence-corrected chi connectivity index (χ0v) is 23.5. The van der Waals surface area contributed by atoms with Crippen molar-refractivity contribution in [2.24, 2.45) is 0 Å². The minimum absolute atomic E-state index is 0.0821. The van der Waals surface area contributed by atoms with Crippen molar-refractivity contribution in [3.8, 4) is 0 Å². The molecule has 0 saturated heterocycles. The van der Waals surface area contributed by atoms with Gasteiger partial charge in [0.2, 0.25) is 10.0 Å². The smallest absolute Gasteiger partial charge is 0.260 e. The van der Waals surface area contributed by atoms with E-state index < -0.39 is 10.0 Å². The van der Waals surface area contributed by atoms with Crippen LogP contribution in [0.25, 0.3) is 10.2 Å². The number of benzene rings is 2. The molecule has 0 aliphatic heterocycles. The molecule has 4 rings (SSSR count). The van der Waals surface area contributed by atoms with E-state index in [9.17, 15) is 13.2 Å². The van der Waals surface area contributed by atoms with Crippen molar-refractivity contribution in [3.05, 3.63) is 76.7 Å². The molecular formula is C25H26BrN3O6S2. The van der Waals surface area contributed by atoms with Crippen molar-refractivity contribution in [1.29, 1.82) is 0 Å². The summed E-state index contributed by atoms with van der Waals surface area (Å²) in [5, 5.41) is 0.511. The predicted molar refractivity (Wildman–Crippen MR) is 145 cm³/mol. The van der Waals surface area contributed by atoms with Crippen LogP contribution in [-0.4, -0.2) is 64.1 Å². The third kappa shape index (κ3) is 6.46. The molecule has 2 heterocycles. The number of methoxy groups -OCH3 is 2. The van der Waals surface area contributed by atoms with E-state index in [2.05, 4.69) is 20.9 Å². The molecule has 0 bridgehead atoms. The Bertz CT molecular complexity index is 1430. The standard InChI is InChI=1S/C25H26BrN3O6S2/c1-33-14-11-28(12-15-34-2)37(31,32)21-8-5-18(6-9-21)24(30)29(17-20-4-3-13-35-20)25-27-22-10-7-19(26)16-23(22)36-25/h3-10,13,16H,11-12,14-15,17H2,1-2H3. The fourth-order valence-electron chi connectivity index (χ4n) is 3.60. The van der Waals surface area contributed by atoms with Gasteiger partial charge < -0.3 is 13.9 Å². The van der Waals surface area contributed by atoms with E-state index in [1.165, 1.54) is 59.0 Å². The van der Waals surface area contributed by atoms with Gasteiger partial charge in [-0.2, -0.15) is 4.31 Å². The van der Waals surface area contributed by atoms with Gasteiger partial charge in [0.15, 0.2) is 5.13 Å². The number of rotatable bonds is 12. The van der Waals surface area contributed by atoms with Gasteiger partial charge in [-0.05, 0) is 54.6 Å². The summed E-state index contributed by atoms with van der Waals surface area (Å²) in [6, 6.07) is 15.2. The second-order valence-corrected chi connectivity index (χ2v) is 11.9. The Morgan fingerprint density at radius 2 is 1.76 bits per heavy atom. The topological polar surface area (TPSA) is 102 Å². The van der Waals surface area contributed by atoms with Crippen molar-refractivity contribution < 1.29 is 27.1 Å². The Labute approximate surface area is 227 Å². The molecule has 4 aromatic rings. The number of carbonyl (C=O) groups is 1. The Kier molecular flexibility index (Phi) is 9.11. The number of halogens is 1. The van der Waals surface area contributed by atoms with Gasteiger partial charge in [0.05, 0.1) is 41.1 Å². The molecule has 0 saturated carbocycles. The molecule has 0 unspecified atom stereocenters. The number of anilines is 1. The Hall–Kier alpha value is -2.61. The predicted octanol–water partition coefficient (Wildman–Crippen LogP) is 4.78. The molecule has 1 amide bonds. The first kappa shape index (κ1) is 27.4. The van der Waals surface area contributed by atoms with E-state index >= 15 is 0 Å². The summed E-state index contributed by atoms with van der Waals surface area (Å²) >= 11 is 4.86. The highest BCUT2D eigenvalue weighted by atomic mass is 79.9. The summed E-state index contributed by atoms with van der Waals surface area (Å²) in [5.74, 6) is 0.272. The van der Waals surface area contributed by atoms with Crippen LogP contribution >= 0.6 is 27.3 Å². The first-order valence-corrected chi connectivity index (χ1v) is 14.4. The van der Waals surface area contributed by atoms with Gasteiger partial charge in [0.1, 0.15) is 5.76 Å². The second-order valence-electron chi connectivity index (χ2n) is 7.99. The van der Waals surface area contributed by atoms with Gasteiger partial charge in [-0.1, -0.05) is 27.3 Å². The summed E-state index contributed by atoms with van der Waals surface area (Å²) in [4.78, 5) is 19.9. The van der Waals surface area contributed by atoms with Crippen LogP contribution in [0.1, 0.15) is 16.1 Å².